The Morgan fingerprint density at radius 3 is 2.00 bits per heavy atom. The van der Waals surface area contributed by atoms with Crippen LogP contribution in [0.1, 0.15) is 57.4 Å². The average molecular weight is 497 g/mol. The molecule has 0 atom stereocenters. The number of carbonyl (C=O) groups excluding carboxylic acids is 6. The molecule has 2 aliphatic heterocycles. The molecule has 1 N–H and O–H groups in total. The van der Waals surface area contributed by atoms with Crippen LogP contribution in [0.2, 0.25) is 0 Å². The van der Waals surface area contributed by atoms with Crippen molar-refractivity contribution < 1.29 is 33.5 Å². The minimum Gasteiger partial charge on any atom is -0.452 e. The van der Waals surface area contributed by atoms with Crippen LogP contribution in [0.4, 0.5) is 5.69 Å². The second-order valence-electron chi connectivity index (χ2n) is 8.49. The normalized spacial score (nSPS) is 14.1. The highest BCUT2D eigenvalue weighted by Crippen LogP contribution is 2.25. The zero-order valence-electron chi connectivity index (χ0n) is 19.5. The van der Waals surface area contributed by atoms with Crippen LogP contribution in [0.5, 0.6) is 0 Å². The third kappa shape index (κ3) is 4.25. The molecule has 0 bridgehead atoms. The number of nitrogens with zero attached hydrogens (tertiary/aromatic N) is 2. The highest BCUT2D eigenvalue weighted by molar-refractivity contribution is 6.22. The van der Waals surface area contributed by atoms with Crippen molar-refractivity contribution in [1.29, 1.82) is 0 Å². The van der Waals surface area contributed by atoms with Gasteiger partial charge in [0.25, 0.3) is 29.5 Å². The topological polar surface area (TPSA) is 130 Å². The van der Waals surface area contributed by atoms with Gasteiger partial charge in [0.2, 0.25) is 0 Å². The molecule has 0 saturated carbocycles. The van der Waals surface area contributed by atoms with E-state index in [0.717, 1.165) is 9.80 Å². The molecular weight excluding hydrogens is 478 g/mol. The predicted molar refractivity (Wildman–Crippen MR) is 129 cm³/mol. The first-order valence-electron chi connectivity index (χ1n) is 11.2. The van der Waals surface area contributed by atoms with Crippen LogP contribution in [-0.4, -0.2) is 59.0 Å². The van der Waals surface area contributed by atoms with E-state index in [1.165, 1.54) is 37.4 Å². The smallest absolute Gasteiger partial charge is 0.338 e. The molecular formula is C27H19N3O7. The van der Waals surface area contributed by atoms with Gasteiger partial charge in [0.05, 0.1) is 34.4 Å². The number of carbonyl (C=O) groups is 6. The molecule has 37 heavy (non-hydrogen) atoms. The maximum Gasteiger partial charge on any atom is 0.338 e. The van der Waals surface area contributed by atoms with Gasteiger partial charge in [-0.3, -0.25) is 33.8 Å². The van der Waals surface area contributed by atoms with Crippen molar-refractivity contribution in [2.45, 2.75) is 6.54 Å². The number of benzene rings is 3. The van der Waals surface area contributed by atoms with E-state index in [0.29, 0.717) is 16.7 Å². The monoisotopic (exact) mass is 497 g/mol. The quantitative estimate of drug-likeness (QED) is 0.409. The maximum atomic E-state index is 12.5. The van der Waals surface area contributed by atoms with Gasteiger partial charge in [-0.25, -0.2) is 4.79 Å². The number of hydrogen-bond donors (Lipinski definition) is 1. The molecule has 0 spiro atoms. The molecule has 5 rings (SSSR count). The lowest BCUT2D eigenvalue weighted by Gasteiger charge is -2.14. The van der Waals surface area contributed by atoms with Crippen molar-refractivity contribution in [3.63, 3.8) is 0 Å². The summed E-state index contributed by atoms with van der Waals surface area (Å²) in [6.07, 6.45) is 0. The van der Waals surface area contributed by atoms with Gasteiger partial charge in [-0.1, -0.05) is 24.3 Å². The van der Waals surface area contributed by atoms with Crippen molar-refractivity contribution in [2.75, 3.05) is 19.0 Å². The van der Waals surface area contributed by atoms with E-state index in [1.807, 2.05) is 0 Å². The van der Waals surface area contributed by atoms with Crippen LogP contribution < -0.4 is 5.32 Å². The van der Waals surface area contributed by atoms with Crippen LogP contribution in [0.3, 0.4) is 0 Å². The van der Waals surface area contributed by atoms with Crippen LogP contribution in [-0.2, 0) is 16.1 Å². The number of imide groups is 2. The van der Waals surface area contributed by atoms with Gasteiger partial charge in [-0.05, 0) is 48.0 Å². The molecule has 0 radical (unpaired) electrons. The Kier molecular flexibility index (Phi) is 5.84. The summed E-state index contributed by atoms with van der Waals surface area (Å²) in [5.41, 5.74) is 2.26. The van der Waals surface area contributed by atoms with E-state index in [-0.39, 0.29) is 40.7 Å². The van der Waals surface area contributed by atoms with E-state index in [1.54, 1.807) is 36.4 Å². The number of hydrogen-bond acceptors (Lipinski definition) is 7. The molecule has 0 aromatic heterocycles. The van der Waals surface area contributed by atoms with Crippen LogP contribution in [0.15, 0.2) is 66.7 Å². The number of esters is 1. The van der Waals surface area contributed by atoms with Crippen molar-refractivity contribution in [2.24, 2.45) is 0 Å². The maximum absolute atomic E-state index is 12.5. The highest BCUT2D eigenvalue weighted by atomic mass is 16.5. The summed E-state index contributed by atoms with van der Waals surface area (Å²) in [6.45, 7) is -0.520. The lowest BCUT2D eigenvalue weighted by Crippen LogP contribution is -2.29. The number of amides is 5. The fourth-order valence-corrected chi connectivity index (χ4v) is 4.16. The van der Waals surface area contributed by atoms with E-state index >= 15 is 0 Å². The van der Waals surface area contributed by atoms with Crippen LogP contribution in [0.25, 0.3) is 0 Å². The largest absolute Gasteiger partial charge is 0.452 e. The third-order valence-electron chi connectivity index (χ3n) is 6.12. The molecule has 3 aromatic carbocycles. The van der Waals surface area contributed by atoms with Gasteiger partial charge >= 0.3 is 5.97 Å². The standard InChI is InChI=1S/C27H19N3O7/c1-29-23(32)20-11-10-17(12-21(20)24(29)33)28-22(31)14-37-27(36)16-8-6-15(7-9-16)13-30-25(34)18-4-2-3-5-19(18)26(30)35/h2-12H,13-14H2,1H3,(H,28,31). The van der Waals surface area contributed by atoms with E-state index in [9.17, 15) is 28.8 Å². The van der Waals surface area contributed by atoms with Crippen molar-refractivity contribution in [3.8, 4) is 0 Å². The molecule has 5 amide bonds. The number of anilines is 1. The molecule has 3 aromatic rings. The van der Waals surface area contributed by atoms with Gasteiger partial charge in [0.1, 0.15) is 0 Å². The van der Waals surface area contributed by atoms with E-state index in [2.05, 4.69) is 5.32 Å². The first-order valence-corrected chi connectivity index (χ1v) is 11.2. The fourth-order valence-electron chi connectivity index (χ4n) is 4.16. The third-order valence-corrected chi connectivity index (χ3v) is 6.12. The van der Waals surface area contributed by atoms with Crippen LogP contribution in [0, 0.1) is 0 Å². The molecule has 2 aliphatic rings. The average Bonchev–Trinajstić information content (AvgIpc) is 3.27. The fraction of sp³-hybridized carbons (Fsp3) is 0.111. The summed E-state index contributed by atoms with van der Waals surface area (Å²) in [7, 11) is 1.37. The number of nitrogens with one attached hydrogen (secondary N) is 1. The Balaban J connectivity index is 1.16. The Morgan fingerprint density at radius 2 is 1.35 bits per heavy atom. The molecule has 0 fully saturated rings. The molecule has 10 nitrogen and oxygen atoms in total. The van der Waals surface area contributed by atoms with Gasteiger partial charge < -0.3 is 10.1 Å². The van der Waals surface area contributed by atoms with Crippen molar-refractivity contribution in [1.82, 2.24) is 9.80 Å². The molecule has 10 heteroatoms. The van der Waals surface area contributed by atoms with E-state index in [4.69, 9.17) is 4.74 Å². The number of fused-ring (bicyclic) bond motifs is 2. The summed E-state index contributed by atoms with van der Waals surface area (Å²) in [4.78, 5) is 75.9. The van der Waals surface area contributed by atoms with Crippen LogP contribution >= 0.6 is 0 Å². The van der Waals surface area contributed by atoms with Gasteiger partial charge in [0.15, 0.2) is 6.61 Å². The van der Waals surface area contributed by atoms with Gasteiger partial charge in [0, 0.05) is 12.7 Å². The molecule has 184 valence electrons. The summed E-state index contributed by atoms with van der Waals surface area (Å²) in [5, 5.41) is 2.53. The summed E-state index contributed by atoms with van der Waals surface area (Å²) >= 11 is 0. The second-order valence-corrected chi connectivity index (χ2v) is 8.49. The highest BCUT2D eigenvalue weighted by Gasteiger charge is 2.35. The Labute approximate surface area is 210 Å². The molecule has 0 saturated heterocycles. The molecule has 0 aliphatic carbocycles. The van der Waals surface area contributed by atoms with Gasteiger partial charge in [-0.2, -0.15) is 0 Å². The molecule has 2 heterocycles. The predicted octanol–water partition coefficient (Wildman–Crippen LogP) is 2.50. The lowest BCUT2D eigenvalue weighted by molar-refractivity contribution is -0.119. The minimum absolute atomic E-state index is 0.0503. The summed E-state index contributed by atoms with van der Waals surface area (Å²) in [5.74, 6) is -2.99. The Bertz CT molecular complexity index is 1480. The van der Waals surface area contributed by atoms with Crippen molar-refractivity contribution >= 4 is 41.2 Å². The second kappa shape index (κ2) is 9.15. The first kappa shape index (κ1) is 23.6. The SMILES string of the molecule is CN1C(=O)c2ccc(NC(=O)COC(=O)c3ccc(CN4C(=O)c5ccccc5C4=O)cc3)cc2C1=O. The number of rotatable bonds is 6. The van der Waals surface area contributed by atoms with E-state index < -0.39 is 30.3 Å². The Morgan fingerprint density at radius 1 is 0.757 bits per heavy atom. The molecule has 0 unspecified atom stereocenters. The summed E-state index contributed by atoms with van der Waals surface area (Å²) < 4.78 is 5.06. The van der Waals surface area contributed by atoms with Crippen molar-refractivity contribution in [3.05, 3.63) is 100 Å². The minimum atomic E-state index is -0.737. The zero-order valence-corrected chi connectivity index (χ0v) is 19.5. The first-order chi connectivity index (χ1) is 17.7. The Hall–Kier alpha value is -5.12. The zero-order chi connectivity index (χ0) is 26.3. The van der Waals surface area contributed by atoms with Gasteiger partial charge in [-0.15, -0.1) is 0 Å². The summed E-state index contributed by atoms with van der Waals surface area (Å²) in [6, 6.07) is 17.1. The lowest BCUT2D eigenvalue weighted by atomic mass is 10.1. The number of ether oxygens (including phenoxy) is 1.